The van der Waals surface area contributed by atoms with Crippen molar-refractivity contribution in [3.63, 3.8) is 0 Å². The minimum atomic E-state index is -0.407. The highest BCUT2D eigenvalue weighted by Gasteiger charge is 2.32. The summed E-state index contributed by atoms with van der Waals surface area (Å²) in [6.45, 7) is 0.309. The Balaban J connectivity index is 1.44. The number of aromatic amines is 1. The molecule has 5 rings (SSSR count). The van der Waals surface area contributed by atoms with Gasteiger partial charge in [0.15, 0.2) is 0 Å². The van der Waals surface area contributed by atoms with Gasteiger partial charge in [-0.3, -0.25) is 9.59 Å². The van der Waals surface area contributed by atoms with E-state index >= 15 is 0 Å². The number of hydrogen-bond donors (Lipinski definition) is 1. The number of H-pyrrole nitrogens is 1. The summed E-state index contributed by atoms with van der Waals surface area (Å²) >= 11 is 0. The van der Waals surface area contributed by atoms with Crippen LogP contribution >= 0.6 is 0 Å². The Labute approximate surface area is 177 Å². The summed E-state index contributed by atoms with van der Waals surface area (Å²) in [4.78, 5) is 28.0. The first kappa shape index (κ1) is 19.1. The fraction of sp³-hybridized carbons (Fsp3) is 0.120. The molecular formula is C25H18FNO4. The summed E-state index contributed by atoms with van der Waals surface area (Å²) < 4.78 is 24.3. The first-order valence-electron chi connectivity index (χ1n) is 9.91. The number of halogens is 1. The number of nitrogens with one attached hydrogen (secondary N) is 1. The predicted molar refractivity (Wildman–Crippen MR) is 114 cm³/mol. The summed E-state index contributed by atoms with van der Waals surface area (Å²) in [6, 6.07) is 20.7. The van der Waals surface area contributed by atoms with Crippen LogP contribution < -0.4 is 15.0 Å². The Morgan fingerprint density at radius 1 is 0.968 bits per heavy atom. The lowest BCUT2D eigenvalue weighted by Gasteiger charge is -2.25. The van der Waals surface area contributed by atoms with E-state index in [2.05, 4.69) is 4.98 Å². The maximum atomic E-state index is 13.0. The highest BCUT2D eigenvalue weighted by atomic mass is 19.1. The summed E-state index contributed by atoms with van der Waals surface area (Å²) in [5.74, 6) is -0.0980. The van der Waals surface area contributed by atoms with Crippen LogP contribution in [0.1, 0.15) is 29.0 Å². The molecule has 2 heterocycles. The summed E-state index contributed by atoms with van der Waals surface area (Å²) in [5, 5.41) is 0.703. The van der Waals surface area contributed by atoms with Gasteiger partial charge in [-0.25, -0.2) is 4.39 Å². The van der Waals surface area contributed by atoms with Crippen molar-refractivity contribution < 1.29 is 18.7 Å². The number of para-hydroxylation sites is 1. The average Bonchev–Trinajstić information content (AvgIpc) is 2.78. The van der Waals surface area contributed by atoms with E-state index < -0.39 is 5.92 Å². The van der Waals surface area contributed by atoms with E-state index in [1.807, 2.05) is 30.3 Å². The molecule has 1 atom stereocenters. The van der Waals surface area contributed by atoms with Crippen LogP contribution in [0.2, 0.25) is 0 Å². The molecule has 0 bridgehead atoms. The van der Waals surface area contributed by atoms with Gasteiger partial charge >= 0.3 is 5.97 Å². The molecule has 1 aromatic heterocycles. The third kappa shape index (κ3) is 3.68. The molecule has 1 aliphatic heterocycles. The first-order chi connectivity index (χ1) is 15.1. The number of carbonyl (C=O) groups is 1. The number of ether oxygens (including phenoxy) is 2. The van der Waals surface area contributed by atoms with Gasteiger partial charge in [0.2, 0.25) is 0 Å². The van der Waals surface area contributed by atoms with Crippen molar-refractivity contribution in [1.29, 1.82) is 0 Å². The van der Waals surface area contributed by atoms with Crippen molar-refractivity contribution in [2.45, 2.75) is 18.9 Å². The fourth-order valence-electron chi connectivity index (χ4n) is 3.91. The molecule has 0 amide bonds. The number of rotatable bonds is 4. The number of aromatic nitrogens is 1. The molecule has 0 aliphatic carbocycles. The van der Waals surface area contributed by atoms with E-state index in [0.717, 1.165) is 11.1 Å². The maximum Gasteiger partial charge on any atom is 0.312 e. The zero-order valence-electron chi connectivity index (χ0n) is 16.4. The molecule has 3 aromatic carbocycles. The first-order valence-corrected chi connectivity index (χ1v) is 9.91. The van der Waals surface area contributed by atoms with Gasteiger partial charge < -0.3 is 14.5 Å². The normalized spacial score (nSPS) is 15.4. The van der Waals surface area contributed by atoms with E-state index in [-0.39, 0.29) is 23.8 Å². The van der Waals surface area contributed by atoms with Crippen LogP contribution in [-0.4, -0.2) is 11.0 Å². The number of fused-ring (bicyclic) bond motifs is 3. The summed E-state index contributed by atoms with van der Waals surface area (Å²) in [5.41, 5.74) is 2.51. The van der Waals surface area contributed by atoms with Crippen molar-refractivity contribution in [3.8, 4) is 11.5 Å². The second-order valence-corrected chi connectivity index (χ2v) is 7.46. The molecule has 0 saturated heterocycles. The molecule has 0 spiro atoms. The molecule has 0 fully saturated rings. The number of benzene rings is 3. The largest absolute Gasteiger partial charge is 0.489 e. The zero-order valence-corrected chi connectivity index (χ0v) is 16.4. The Bertz CT molecular complexity index is 1330. The highest BCUT2D eigenvalue weighted by Crippen LogP contribution is 2.40. The van der Waals surface area contributed by atoms with Gasteiger partial charge in [-0.05, 0) is 47.5 Å². The number of esters is 1. The van der Waals surface area contributed by atoms with Crippen LogP contribution in [0.4, 0.5) is 4.39 Å². The lowest BCUT2D eigenvalue weighted by atomic mass is 9.86. The monoisotopic (exact) mass is 415 g/mol. The van der Waals surface area contributed by atoms with Crippen molar-refractivity contribution in [2.75, 3.05) is 0 Å². The van der Waals surface area contributed by atoms with E-state index in [0.29, 0.717) is 34.6 Å². The van der Waals surface area contributed by atoms with E-state index in [1.54, 1.807) is 30.3 Å². The van der Waals surface area contributed by atoms with E-state index in [9.17, 15) is 14.0 Å². The minimum Gasteiger partial charge on any atom is -0.489 e. The lowest BCUT2D eigenvalue weighted by Crippen LogP contribution is -2.28. The SMILES string of the molecule is O=C1C[C@@H](c2ccc(OCc3ccc(F)cc3)cc2)c2c(c3ccccc3[nH]c2=O)O1. The number of pyridine rings is 1. The van der Waals surface area contributed by atoms with Crippen LogP contribution in [0.5, 0.6) is 11.5 Å². The number of hydrogen-bond acceptors (Lipinski definition) is 4. The second kappa shape index (κ2) is 7.72. The third-order valence-electron chi connectivity index (χ3n) is 5.45. The molecule has 154 valence electrons. The molecule has 1 N–H and O–H groups in total. The Hall–Kier alpha value is -3.93. The van der Waals surface area contributed by atoms with Crippen LogP contribution in [0.3, 0.4) is 0 Å². The highest BCUT2D eigenvalue weighted by molar-refractivity contribution is 5.91. The topological polar surface area (TPSA) is 68.4 Å². The van der Waals surface area contributed by atoms with Crippen LogP contribution in [0.15, 0.2) is 77.6 Å². The molecule has 4 aromatic rings. The summed E-state index contributed by atoms with van der Waals surface area (Å²) in [7, 11) is 0. The summed E-state index contributed by atoms with van der Waals surface area (Å²) in [6.07, 6.45) is 0.0875. The zero-order chi connectivity index (χ0) is 21.4. The molecule has 0 saturated carbocycles. The van der Waals surface area contributed by atoms with Gasteiger partial charge in [-0.1, -0.05) is 36.4 Å². The number of carbonyl (C=O) groups excluding carboxylic acids is 1. The standard InChI is InChI=1S/C25H18FNO4/c26-17-9-5-15(6-10-17)14-30-18-11-7-16(8-12-18)20-13-22(28)31-24-19-3-1-2-4-21(19)27-25(29)23(20)24/h1-12,20H,13-14H2,(H,27,29)/t20-/m0/s1. The Morgan fingerprint density at radius 3 is 2.48 bits per heavy atom. The third-order valence-corrected chi connectivity index (χ3v) is 5.45. The average molecular weight is 415 g/mol. The van der Waals surface area contributed by atoms with Gasteiger partial charge in [0.05, 0.1) is 17.5 Å². The molecule has 0 radical (unpaired) electrons. The van der Waals surface area contributed by atoms with Gasteiger partial charge in [0.1, 0.15) is 23.9 Å². The quantitative estimate of drug-likeness (QED) is 0.491. The van der Waals surface area contributed by atoms with Crippen LogP contribution in [-0.2, 0) is 11.4 Å². The smallest absolute Gasteiger partial charge is 0.312 e. The van der Waals surface area contributed by atoms with Crippen LogP contribution in [0.25, 0.3) is 10.9 Å². The van der Waals surface area contributed by atoms with E-state index in [4.69, 9.17) is 9.47 Å². The Kier molecular flexibility index (Phi) is 4.75. The van der Waals surface area contributed by atoms with Crippen molar-refractivity contribution in [2.24, 2.45) is 0 Å². The molecule has 0 unspecified atom stereocenters. The molecule has 5 nitrogen and oxygen atoms in total. The van der Waals surface area contributed by atoms with Gasteiger partial charge in [0, 0.05) is 11.3 Å². The van der Waals surface area contributed by atoms with E-state index in [1.165, 1.54) is 12.1 Å². The molecule has 31 heavy (non-hydrogen) atoms. The maximum absolute atomic E-state index is 13.0. The van der Waals surface area contributed by atoms with Crippen molar-refractivity contribution in [3.05, 3.63) is 106 Å². The Morgan fingerprint density at radius 2 is 1.71 bits per heavy atom. The molecule has 6 heteroatoms. The van der Waals surface area contributed by atoms with Gasteiger partial charge in [0.25, 0.3) is 5.56 Å². The fourth-order valence-corrected chi connectivity index (χ4v) is 3.91. The second-order valence-electron chi connectivity index (χ2n) is 7.46. The lowest BCUT2D eigenvalue weighted by molar-refractivity contribution is -0.135. The van der Waals surface area contributed by atoms with Gasteiger partial charge in [-0.2, -0.15) is 0 Å². The minimum absolute atomic E-state index is 0.0875. The van der Waals surface area contributed by atoms with Crippen LogP contribution in [0, 0.1) is 5.82 Å². The molecule has 1 aliphatic rings. The predicted octanol–water partition coefficient (Wildman–Crippen LogP) is 4.69. The van der Waals surface area contributed by atoms with Crippen molar-refractivity contribution >= 4 is 16.9 Å². The van der Waals surface area contributed by atoms with Crippen molar-refractivity contribution in [1.82, 2.24) is 4.98 Å². The van der Waals surface area contributed by atoms with Gasteiger partial charge in [-0.15, -0.1) is 0 Å². The molecular weight excluding hydrogens is 397 g/mol.